The summed E-state index contributed by atoms with van der Waals surface area (Å²) in [6.07, 6.45) is 1.55. The highest BCUT2D eigenvalue weighted by molar-refractivity contribution is 7.87. The second-order valence-corrected chi connectivity index (χ2v) is 6.29. The number of ketones is 1. The zero-order chi connectivity index (χ0) is 12.3. The number of Topliss-reactive ketones (excluding diaryl/α,β-unsaturated/α-hetero) is 1. The van der Waals surface area contributed by atoms with Crippen LogP contribution in [0.4, 0.5) is 0 Å². The third-order valence-corrected chi connectivity index (χ3v) is 4.46. The lowest BCUT2D eigenvalue weighted by Gasteiger charge is -2.31. The van der Waals surface area contributed by atoms with Crippen molar-refractivity contribution < 1.29 is 13.2 Å². The molecule has 0 spiro atoms. The van der Waals surface area contributed by atoms with Crippen molar-refractivity contribution in [1.82, 2.24) is 9.03 Å². The zero-order valence-corrected chi connectivity index (χ0v) is 10.9. The highest BCUT2D eigenvalue weighted by Crippen LogP contribution is 2.19. The summed E-state index contributed by atoms with van der Waals surface area (Å²) in [5.41, 5.74) is 0. The summed E-state index contributed by atoms with van der Waals surface area (Å²) in [5, 5.41) is 0. The maximum absolute atomic E-state index is 11.9. The molecule has 1 saturated heterocycles. The van der Waals surface area contributed by atoms with Crippen molar-refractivity contribution >= 4 is 16.0 Å². The molecule has 0 aliphatic carbocycles. The summed E-state index contributed by atoms with van der Waals surface area (Å²) in [4.78, 5) is 11.3. The lowest BCUT2D eigenvalue weighted by molar-refractivity contribution is -0.121. The van der Waals surface area contributed by atoms with Gasteiger partial charge in [-0.25, -0.2) is 0 Å². The summed E-state index contributed by atoms with van der Waals surface area (Å²) in [5.74, 6) is -0.0677. The Bertz CT molecular complexity index is 351. The van der Waals surface area contributed by atoms with Crippen molar-refractivity contribution in [1.29, 1.82) is 0 Å². The van der Waals surface area contributed by atoms with Crippen molar-refractivity contribution in [2.75, 3.05) is 13.1 Å². The maximum atomic E-state index is 11.9. The first kappa shape index (κ1) is 13.6. The molecule has 1 atom stereocenters. The minimum absolute atomic E-state index is 0.0736. The normalized spacial score (nSPS) is 23.6. The molecular formula is C10H20N2O3S. The molecule has 0 aromatic rings. The summed E-state index contributed by atoms with van der Waals surface area (Å²) in [6.45, 7) is 5.91. The fourth-order valence-corrected chi connectivity index (χ4v) is 3.36. The number of hydrogen-bond acceptors (Lipinski definition) is 3. The van der Waals surface area contributed by atoms with E-state index in [1.54, 1.807) is 13.8 Å². The van der Waals surface area contributed by atoms with E-state index in [0.29, 0.717) is 13.1 Å². The van der Waals surface area contributed by atoms with Gasteiger partial charge < -0.3 is 0 Å². The van der Waals surface area contributed by atoms with Crippen LogP contribution in [0.25, 0.3) is 0 Å². The standard InChI is InChI=1S/C10H20N2O3S/c1-8(2)11-16(14,15)12-6-4-5-10(7-12)9(3)13/h8,10-11H,4-7H2,1-3H3. The second kappa shape index (κ2) is 5.25. The topological polar surface area (TPSA) is 66.5 Å². The number of piperidine rings is 1. The summed E-state index contributed by atoms with van der Waals surface area (Å²) < 4.78 is 27.6. The third kappa shape index (κ3) is 3.54. The van der Waals surface area contributed by atoms with Crippen LogP contribution in [0.2, 0.25) is 0 Å². The number of carbonyl (C=O) groups is 1. The van der Waals surface area contributed by atoms with Crippen molar-refractivity contribution in [3.8, 4) is 0 Å². The molecule has 1 aliphatic rings. The van der Waals surface area contributed by atoms with Gasteiger partial charge >= 0.3 is 0 Å². The van der Waals surface area contributed by atoms with Crippen LogP contribution in [0.5, 0.6) is 0 Å². The lowest BCUT2D eigenvalue weighted by atomic mass is 9.96. The second-order valence-electron chi connectivity index (χ2n) is 4.59. The average molecular weight is 248 g/mol. The Hall–Kier alpha value is -0.460. The van der Waals surface area contributed by atoms with Gasteiger partial charge in [-0.15, -0.1) is 0 Å². The molecule has 1 heterocycles. The smallest absolute Gasteiger partial charge is 0.279 e. The molecular weight excluding hydrogens is 228 g/mol. The summed E-state index contributed by atoms with van der Waals surface area (Å²) >= 11 is 0. The van der Waals surface area contributed by atoms with Crippen molar-refractivity contribution in [2.45, 2.75) is 39.7 Å². The van der Waals surface area contributed by atoms with Gasteiger partial charge in [0.2, 0.25) is 0 Å². The lowest BCUT2D eigenvalue weighted by Crippen LogP contribution is -2.48. The highest BCUT2D eigenvalue weighted by Gasteiger charge is 2.30. The van der Waals surface area contributed by atoms with E-state index in [1.807, 2.05) is 0 Å². The number of nitrogens with one attached hydrogen (secondary N) is 1. The summed E-state index contributed by atoms with van der Waals surface area (Å²) in [7, 11) is -3.42. The van der Waals surface area contributed by atoms with E-state index in [-0.39, 0.29) is 17.7 Å². The Morgan fingerprint density at radius 1 is 1.44 bits per heavy atom. The fourth-order valence-electron chi connectivity index (χ4n) is 1.86. The van der Waals surface area contributed by atoms with Crippen molar-refractivity contribution in [3.05, 3.63) is 0 Å². The Morgan fingerprint density at radius 3 is 2.56 bits per heavy atom. The fraction of sp³-hybridized carbons (Fsp3) is 0.900. The molecule has 1 aliphatic heterocycles. The Labute approximate surface area is 97.4 Å². The molecule has 1 unspecified atom stereocenters. The van der Waals surface area contributed by atoms with E-state index in [4.69, 9.17) is 0 Å². The van der Waals surface area contributed by atoms with E-state index in [0.717, 1.165) is 12.8 Å². The van der Waals surface area contributed by atoms with Crippen LogP contribution in [-0.2, 0) is 15.0 Å². The van der Waals surface area contributed by atoms with E-state index in [2.05, 4.69) is 4.72 Å². The quantitative estimate of drug-likeness (QED) is 0.789. The van der Waals surface area contributed by atoms with Gasteiger partial charge in [0.25, 0.3) is 10.2 Å². The molecule has 0 saturated carbocycles. The molecule has 16 heavy (non-hydrogen) atoms. The number of nitrogens with zero attached hydrogens (tertiary/aromatic N) is 1. The molecule has 5 nitrogen and oxygen atoms in total. The SMILES string of the molecule is CC(=O)C1CCCN(S(=O)(=O)NC(C)C)C1. The minimum Gasteiger partial charge on any atom is -0.300 e. The van der Waals surface area contributed by atoms with Gasteiger partial charge in [0.05, 0.1) is 0 Å². The Balaban J connectivity index is 2.70. The van der Waals surface area contributed by atoms with Gasteiger partial charge in [-0.1, -0.05) is 0 Å². The Kier molecular flexibility index (Phi) is 4.46. The van der Waals surface area contributed by atoms with Crippen LogP contribution in [0, 0.1) is 5.92 Å². The van der Waals surface area contributed by atoms with Gasteiger partial charge in [-0.3, -0.25) is 4.79 Å². The average Bonchev–Trinajstić information content (AvgIpc) is 2.16. The van der Waals surface area contributed by atoms with Crippen LogP contribution in [-0.4, -0.2) is 37.6 Å². The molecule has 0 bridgehead atoms. The molecule has 1 fully saturated rings. The first-order valence-electron chi connectivity index (χ1n) is 5.61. The highest BCUT2D eigenvalue weighted by atomic mass is 32.2. The largest absolute Gasteiger partial charge is 0.300 e. The van der Waals surface area contributed by atoms with Gasteiger partial charge in [0.15, 0.2) is 0 Å². The van der Waals surface area contributed by atoms with Crippen LogP contribution >= 0.6 is 0 Å². The molecule has 6 heteroatoms. The van der Waals surface area contributed by atoms with Crippen LogP contribution in [0.1, 0.15) is 33.6 Å². The van der Waals surface area contributed by atoms with E-state index in [1.165, 1.54) is 11.2 Å². The first-order chi connectivity index (χ1) is 7.33. The number of hydrogen-bond donors (Lipinski definition) is 1. The van der Waals surface area contributed by atoms with Gasteiger partial charge in [-0.2, -0.15) is 17.4 Å². The molecule has 0 aromatic heterocycles. The van der Waals surface area contributed by atoms with Crippen molar-refractivity contribution in [2.24, 2.45) is 5.92 Å². The van der Waals surface area contributed by atoms with Crippen LogP contribution in [0.15, 0.2) is 0 Å². The molecule has 1 N–H and O–H groups in total. The summed E-state index contributed by atoms with van der Waals surface area (Å²) in [6, 6.07) is -0.122. The van der Waals surface area contributed by atoms with Crippen LogP contribution in [0.3, 0.4) is 0 Å². The first-order valence-corrected chi connectivity index (χ1v) is 7.05. The van der Waals surface area contributed by atoms with Crippen molar-refractivity contribution in [3.63, 3.8) is 0 Å². The predicted octanol–water partition coefficient (Wildman–Crippen LogP) is 0.530. The zero-order valence-electron chi connectivity index (χ0n) is 10.1. The number of rotatable bonds is 4. The number of carbonyl (C=O) groups excluding carboxylic acids is 1. The van der Waals surface area contributed by atoms with E-state index in [9.17, 15) is 13.2 Å². The maximum Gasteiger partial charge on any atom is 0.279 e. The van der Waals surface area contributed by atoms with Crippen LogP contribution < -0.4 is 4.72 Å². The van der Waals surface area contributed by atoms with Gasteiger partial charge in [-0.05, 0) is 33.6 Å². The van der Waals surface area contributed by atoms with Gasteiger partial charge in [0.1, 0.15) is 5.78 Å². The molecule has 0 amide bonds. The van der Waals surface area contributed by atoms with E-state index < -0.39 is 10.2 Å². The predicted molar refractivity (Wildman–Crippen MR) is 62.2 cm³/mol. The molecule has 0 aromatic carbocycles. The van der Waals surface area contributed by atoms with Gasteiger partial charge in [0, 0.05) is 25.0 Å². The molecule has 94 valence electrons. The monoisotopic (exact) mass is 248 g/mol. The third-order valence-electron chi connectivity index (χ3n) is 2.68. The Morgan fingerprint density at radius 2 is 2.06 bits per heavy atom. The molecule has 1 rings (SSSR count). The molecule has 0 radical (unpaired) electrons. The van der Waals surface area contributed by atoms with E-state index >= 15 is 0 Å². The minimum atomic E-state index is -3.42.